The minimum absolute atomic E-state index is 0.0572. The third-order valence-corrected chi connectivity index (χ3v) is 4.16. The summed E-state index contributed by atoms with van der Waals surface area (Å²) in [6, 6.07) is 4.09. The molecule has 5 heteroatoms. The summed E-state index contributed by atoms with van der Waals surface area (Å²) in [5, 5.41) is 8.66. The molecule has 0 amide bonds. The molecule has 3 rings (SSSR count). The van der Waals surface area contributed by atoms with Gasteiger partial charge in [-0.05, 0) is 17.7 Å². The van der Waals surface area contributed by atoms with E-state index in [1.54, 1.807) is 6.08 Å². The number of allylic oxidation sites excluding steroid dienone is 6. The molecule has 1 aliphatic heterocycles. The van der Waals surface area contributed by atoms with E-state index in [0.29, 0.717) is 0 Å². The van der Waals surface area contributed by atoms with Crippen molar-refractivity contribution in [3.05, 3.63) is 72.8 Å². The quantitative estimate of drug-likeness (QED) is 0.863. The number of rotatable bonds is 4. The highest BCUT2D eigenvalue weighted by atomic mass is 16.4. The van der Waals surface area contributed by atoms with Crippen LogP contribution in [0.15, 0.2) is 72.8 Å². The first-order valence-electron chi connectivity index (χ1n) is 8.09. The van der Waals surface area contributed by atoms with Gasteiger partial charge in [-0.1, -0.05) is 30.4 Å². The van der Waals surface area contributed by atoms with Crippen LogP contribution in [0.5, 0.6) is 0 Å². The molecule has 0 saturated carbocycles. The van der Waals surface area contributed by atoms with Crippen molar-refractivity contribution in [2.75, 3.05) is 31.1 Å². The number of carboxylic acids is 1. The summed E-state index contributed by atoms with van der Waals surface area (Å²) < 4.78 is 0. The zero-order chi connectivity index (χ0) is 16.8. The maximum atomic E-state index is 10.5. The largest absolute Gasteiger partial charge is 0.478 e. The van der Waals surface area contributed by atoms with E-state index >= 15 is 0 Å². The summed E-state index contributed by atoms with van der Waals surface area (Å²) in [7, 11) is 0. The van der Waals surface area contributed by atoms with Gasteiger partial charge in [0, 0.05) is 62.5 Å². The van der Waals surface area contributed by atoms with E-state index in [9.17, 15) is 4.79 Å². The predicted octanol–water partition coefficient (Wildman–Crippen LogP) is 2.47. The molecule has 0 unspecified atom stereocenters. The smallest absolute Gasteiger partial charge is 0.328 e. The van der Waals surface area contributed by atoms with Crippen molar-refractivity contribution >= 4 is 11.7 Å². The van der Waals surface area contributed by atoms with Crippen LogP contribution in [0.3, 0.4) is 0 Å². The summed E-state index contributed by atoms with van der Waals surface area (Å²) in [4.78, 5) is 19.3. The highest BCUT2D eigenvalue weighted by Gasteiger charge is 2.15. The number of pyridine rings is 1. The van der Waals surface area contributed by atoms with Crippen LogP contribution in [-0.4, -0.2) is 47.1 Å². The van der Waals surface area contributed by atoms with Crippen molar-refractivity contribution in [2.45, 2.75) is 0 Å². The van der Waals surface area contributed by atoms with Gasteiger partial charge < -0.3 is 14.9 Å². The molecule has 124 valence electrons. The molecule has 1 fully saturated rings. The lowest BCUT2D eigenvalue weighted by Crippen LogP contribution is -2.44. The minimum atomic E-state index is -0.912. The molecule has 2 heterocycles. The molecule has 0 bridgehead atoms. The predicted molar refractivity (Wildman–Crippen MR) is 94.7 cm³/mol. The standard InChI is InChI=1S/C19H21N3O2/c23-19(24)6-5-16-1-3-17(4-2-16)15-21-11-13-22(14-12-21)18-7-9-20-10-8-18/h1-10,15-16H,11-14H2,(H,23,24)/b6-5+,17-15?. The summed E-state index contributed by atoms with van der Waals surface area (Å²) in [6.07, 6.45) is 16.8. The van der Waals surface area contributed by atoms with Crippen LogP contribution in [0.4, 0.5) is 5.69 Å². The SMILES string of the molecule is O=C(O)/C=C/C1C=CC(=CN2CCN(c3ccncc3)CC2)C=C1. The summed E-state index contributed by atoms with van der Waals surface area (Å²) in [5.74, 6) is -0.855. The zero-order valence-electron chi connectivity index (χ0n) is 13.5. The first-order chi connectivity index (χ1) is 11.7. The molecular weight excluding hydrogens is 302 g/mol. The number of piperazine rings is 1. The molecule has 0 atom stereocenters. The Hall–Kier alpha value is -2.82. The van der Waals surface area contributed by atoms with Crippen molar-refractivity contribution in [3.8, 4) is 0 Å². The topological polar surface area (TPSA) is 56.7 Å². The first kappa shape index (κ1) is 16.1. The second kappa shape index (κ2) is 7.64. The second-order valence-electron chi connectivity index (χ2n) is 5.85. The van der Waals surface area contributed by atoms with Crippen LogP contribution in [0, 0.1) is 5.92 Å². The number of nitrogens with zero attached hydrogens (tertiary/aromatic N) is 3. The number of aromatic nitrogens is 1. The Kier molecular flexibility index (Phi) is 5.11. The van der Waals surface area contributed by atoms with Gasteiger partial charge in [-0.2, -0.15) is 0 Å². The minimum Gasteiger partial charge on any atom is -0.478 e. The van der Waals surface area contributed by atoms with E-state index < -0.39 is 5.97 Å². The molecule has 1 aromatic heterocycles. The summed E-state index contributed by atoms with van der Waals surface area (Å²) in [6.45, 7) is 3.95. The van der Waals surface area contributed by atoms with Crippen LogP contribution in [0.1, 0.15) is 0 Å². The monoisotopic (exact) mass is 323 g/mol. The fourth-order valence-electron chi connectivity index (χ4n) is 2.85. The van der Waals surface area contributed by atoms with Gasteiger partial charge in [-0.25, -0.2) is 4.79 Å². The number of carboxylic acid groups (broad SMARTS) is 1. The van der Waals surface area contributed by atoms with E-state index in [2.05, 4.69) is 21.0 Å². The normalized spacial score (nSPS) is 20.7. The lowest BCUT2D eigenvalue weighted by molar-refractivity contribution is -0.131. The third kappa shape index (κ3) is 4.35. The average molecular weight is 323 g/mol. The van der Waals surface area contributed by atoms with Crippen LogP contribution in [-0.2, 0) is 4.79 Å². The Morgan fingerprint density at radius 3 is 2.42 bits per heavy atom. The molecule has 0 aromatic carbocycles. The van der Waals surface area contributed by atoms with Crippen molar-refractivity contribution in [1.82, 2.24) is 9.88 Å². The molecule has 1 N–H and O–H groups in total. The van der Waals surface area contributed by atoms with Gasteiger partial charge >= 0.3 is 5.97 Å². The average Bonchev–Trinajstić information content (AvgIpc) is 2.62. The van der Waals surface area contributed by atoms with Crippen molar-refractivity contribution in [1.29, 1.82) is 0 Å². The number of aliphatic carboxylic acids is 1. The first-order valence-corrected chi connectivity index (χ1v) is 8.09. The van der Waals surface area contributed by atoms with Gasteiger partial charge in [0.1, 0.15) is 0 Å². The van der Waals surface area contributed by atoms with Gasteiger partial charge in [0.05, 0.1) is 0 Å². The Bertz CT molecular complexity index is 668. The van der Waals surface area contributed by atoms with Crippen molar-refractivity contribution in [2.24, 2.45) is 5.92 Å². The van der Waals surface area contributed by atoms with Crippen LogP contribution < -0.4 is 4.90 Å². The van der Waals surface area contributed by atoms with E-state index in [4.69, 9.17) is 5.11 Å². The van der Waals surface area contributed by atoms with Gasteiger partial charge in [-0.3, -0.25) is 4.98 Å². The van der Waals surface area contributed by atoms with Gasteiger partial charge in [0.15, 0.2) is 0 Å². The van der Waals surface area contributed by atoms with E-state index in [1.807, 2.05) is 48.8 Å². The highest BCUT2D eigenvalue weighted by Crippen LogP contribution is 2.18. The lowest BCUT2D eigenvalue weighted by atomic mass is 10.00. The zero-order valence-corrected chi connectivity index (χ0v) is 13.5. The fraction of sp³-hybridized carbons (Fsp3) is 0.263. The molecule has 0 spiro atoms. The van der Waals surface area contributed by atoms with Gasteiger partial charge in [-0.15, -0.1) is 0 Å². The lowest BCUT2D eigenvalue weighted by Gasteiger charge is -2.35. The van der Waals surface area contributed by atoms with E-state index in [0.717, 1.165) is 31.8 Å². The van der Waals surface area contributed by atoms with Crippen LogP contribution in [0.25, 0.3) is 0 Å². The third-order valence-electron chi connectivity index (χ3n) is 4.16. The second-order valence-corrected chi connectivity index (χ2v) is 5.85. The van der Waals surface area contributed by atoms with Gasteiger partial charge in [0.2, 0.25) is 0 Å². The molecule has 24 heavy (non-hydrogen) atoms. The van der Waals surface area contributed by atoms with E-state index in [-0.39, 0.29) is 5.92 Å². The maximum Gasteiger partial charge on any atom is 0.328 e. The summed E-state index contributed by atoms with van der Waals surface area (Å²) in [5.41, 5.74) is 2.37. The highest BCUT2D eigenvalue weighted by molar-refractivity contribution is 5.79. The maximum absolute atomic E-state index is 10.5. The number of hydrogen-bond acceptors (Lipinski definition) is 4. The Morgan fingerprint density at radius 2 is 1.79 bits per heavy atom. The van der Waals surface area contributed by atoms with Crippen LogP contribution in [0.2, 0.25) is 0 Å². The molecule has 1 aliphatic carbocycles. The Balaban J connectivity index is 1.53. The number of carbonyl (C=O) groups is 1. The fourth-order valence-corrected chi connectivity index (χ4v) is 2.85. The van der Waals surface area contributed by atoms with Gasteiger partial charge in [0.25, 0.3) is 0 Å². The summed E-state index contributed by atoms with van der Waals surface area (Å²) >= 11 is 0. The van der Waals surface area contributed by atoms with Crippen molar-refractivity contribution < 1.29 is 9.90 Å². The number of hydrogen-bond donors (Lipinski definition) is 1. The molecule has 1 aromatic rings. The molecule has 1 saturated heterocycles. The Labute approximate surface area is 141 Å². The number of anilines is 1. The molecule has 0 radical (unpaired) electrons. The van der Waals surface area contributed by atoms with Crippen LogP contribution >= 0.6 is 0 Å². The Morgan fingerprint density at radius 1 is 1.12 bits per heavy atom. The van der Waals surface area contributed by atoms with Crippen molar-refractivity contribution in [3.63, 3.8) is 0 Å². The molecule has 5 nitrogen and oxygen atoms in total. The molecular formula is C19H21N3O2. The van der Waals surface area contributed by atoms with E-state index in [1.165, 1.54) is 11.8 Å². The molecule has 2 aliphatic rings.